The van der Waals surface area contributed by atoms with Crippen molar-refractivity contribution in [2.24, 2.45) is 17.3 Å². The highest BCUT2D eigenvalue weighted by atomic mass is 16.7. The lowest BCUT2D eigenvalue weighted by molar-refractivity contribution is -0.237. The predicted molar refractivity (Wildman–Crippen MR) is 121 cm³/mol. The molecule has 1 saturated heterocycles. The molecule has 0 N–H and O–H groups in total. The zero-order valence-electron chi connectivity index (χ0n) is 18.0. The quantitative estimate of drug-likeness (QED) is 0.539. The third-order valence-corrected chi connectivity index (χ3v) is 8.82. The summed E-state index contributed by atoms with van der Waals surface area (Å²) in [6.45, 7) is 4.02. The fraction of sp³-hybridized carbons (Fsp3) is 0.500. The van der Waals surface area contributed by atoms with Crippen LogP contribution in [0.3, 0.4) is 0 Å². The Labute approximate surface area is 180 Å². The Morgan fingerprint density at radius 1 is 0.867 bits per heavy atom. The highest BCUT2D eigenvalue weighted by molar-refractivity contribution is 5.70. The van der Waals surface area contributed by atoms with E-state index >= 15 is 0 Å². The second-order valence-electron chi connectivity index (χ2n) is 10.1. The summed E-state index contributed by atoms with van der Waals surface area (Å²) in [6, 6.07) is 17.8. The summed E-state index contributed by atoms with van der Waals surface area (Å²) in [5.41, 5.74) is 5.98. The summed E-state index contributed by atoms with van der Waals surface area (Å²) in [7, 11) is 0. The van der Waals surface area contributed by atoms with Gasteiger partial charge >= 0.3 is 0 Å². The van der Waals surface area contributed by atoms with Crippen LogP contribution in [0.4, 0.5) is 0 Å². The largest absolute Gasteiger partial charge is 0.347 e. The van der Waals surface area contributed by atoms with E-state index in [1.807, 2.05) is 0 Å². The lowest BCUT2D eigenvalue weighted by atomic mass is 9.55. The van der Waals surface area contributed by atoms with Crippen molar-refractivity contribution >= 4 is 12.2 Å². The summed E-state index contributed by atoms with van der Waals surface area (Å²) in [5.74, 6) is 1.96. The van der Waals surface area contributed by atoms with Gasteiger partial charge in [-0.05, 0) is 72.1 Å². The van der Waals surface area contributed by atoms with Gasteiger partial charge in [-0.2, -0.15) is 0 Å². The number of fused-ring (bicyclic) bond motifs is 6. The molecule has 1 aliphatic heterocycles. The first-order chi connectivity index (χ1) is 14.7. The Hall–Kier alpha value is -1.90. The van der Waals surface area contributed by atoms with Crippen LogP contribution in [0.2, 0.25) is 0 Å². The third-order valence-electron chi connectivity index (χ3n) is 8.82. The highest BCUT2D eigenvalue weighted by Gasteiger charge is 2.64. The lowest BCUT2D eigenvalue weighted by Gasteiger charge is -2.52. The predicted octanol–water partition coefficient (Wildman–Crippen LogP) is 6.46. The average Bonchev–Trinajstić information content (AvgIpc) is 3.38. The van der Waals surface area contributed by atoms with Crippen LogP contribution in [0.5, 0.6) is 0 Å². The molecule has 1 heterocycles. The maximum Gasteiger partial charge on any atom is 0.174 e. The van der Waals surface area contributed by atoms with Gasteiger partial charge in [-0.25, -0.2) is 0 Å². The highest BCUT2D eigenvalue weighted by Crippen LogP contribution is 2.66. The number of benzene rings is 2. The maximum atomic E-state index is 6.27. The molecule has 2 aromatic carbocycles. The van der Waals surface area contributed by atoms with Crippen molar-refractivity contribution in [2.75, 3.05) is 13.2 Å². The van der Waals surface area contributed by atoms with Gasteiger partial charge in [-0.15, -0.1) is 0 Å². The van der Waals surface area contributed by atoms with E-state index in [-0.39, 0.29) is 11.2 Å². The van der Waals surface area contributed by atoms with Crippen LogP contribution in [-0.2, 0) is 15.9 Å². The molecular weight excluding hydrogens is 368 g/mol. The van der Waals surface area contributed by atoms with E-state index in [9.17, 15) is 0 Å². The third kappa shape index (κ3) is 2.77. The Kier molecular flexibility index (Phi) is 4.44. The molecule has 3 fully saturated rings. The van der Waals surface area contributed by atoms with E-state index < -0.39 is 0 Å². The van der Waals surface area contributed by atoms with E-state index in [2.05, 4.69) is 67.6 Å². The van der Waals surface area contributed by atoms with E-state index in [0.717, 1.165) is 37.4 Å². The van der Waals surface area contributed by atoms with Crippen molar-refractivity contribution in [1.82, 2.24) is 0 Å². The van der Waals surface area contributed by atoms with Crippen LogP contribution < -0.4 is 0 Å². The Morgan fingerprint density at radius 2 is 1.67 bits per heavy atom. The van der Waals surface area contributed by atoms with Crippen molar-refractivity contribution in [2.45, 2.75) is 57.2 Å². The van der Waals surface area contributed by atoms with Crippen LogP contribution in [-0.4, -0.2) is 19.0 Å². The van der Waals surface area contributed by atoms with E-state index in [4.69, 9.17) is 9.47 Å². The summed E-state index contributed by atoms with van der Waals surface area (Å²) in [5, 5.41) is 0. The van der Waals surface area contributed by atoms with Gasteiger partial charge in [0.15, 0.2) is 5.79 Å². The summed E-state index contributed by atoms with van der Waals surface area (Å²) in [4.78, 5) is 0. The first kappa shape index (κ1) is 18.8. The normalized spacial score (nSPS) is 34.1. The SMILES string of the molecule is C[C@]12CC[C@@H]3c4ccc(/C=C/c5ccccc5)cc4CCC3[C@@H]1CCC21OCCO1. The molecule has 0 radical (unpaired) electrons. The molecule has 3 aliphatic carbocycles. The fourth-order valence-electron chi connectivity index (χ4n) is 7.35. The number of rotatable bonds is 2. The number of hydrogen-bond donors (Lipinski definition) is 0. The van der Waals surface area contributed by atoms with Crippen molar-refractivity contribution in [3.05, 3.63) is 70.8 Å². The van der Waals surface area contributed by atoms with Crippen molar-refractivity contribution in [3.63, 3.8) is 0 Å². The van der Waals surface area contributed by atoms with E-state index in [1.165, 1.54) is 43.2 Å². The molecule has 1 spiro atoms. The van der Waals surface area contributed by atoms with Crippen LogP contribution in [0, 0.1) is 17.3 Å². The Bertz CT molecular complexity index is 956. The topological polar surface area (TPSA) is 18.5 Å². The average molecular weight is 401 g/mol. The van der Waals surface area contributed by atoms with Gasteiger partial charge in [-0.3, -0.25) is 0 Å². The summed E-state index contributed by atoms with van der Waals surface area (Å²) < 4.78 is 12.5. The van der Waals surface area contributed by atoms with Crippen LogP contribution in [0.15, 0.2) is 48.5 Å². The summed E-state index contributed by atoms with van der Waals surface area (Å²) >= 11 is 0. The molecule has 2 saturated carbocycles. The second kappa shape index (κ2) is 7.07. The zero-order valence-corrected chi connectivity index (χ0v) is 18.0. The molecule has 2 aromatic rings. The molecule has 1 unspecified atom stereocenters. The smallest absolute Gasteiger partial charge is 0.174 e. The van der Waals surface area contributed by atoms with Crippen molar-refractivity contribution in [1.29, 1.82) is 0 Å². The van der Waals surface area contributed by atoms with Gasteiger partial charge in [0.25, 0.3) is 0 Å². The van der Waals surface area contributed by atoms with Gasteiger partial charge in [0.2, 0.25) is 0 Å². The molecular formula is C28H32O2. The minimum atomic E-state index is -0.283. The van der Waals surface area contributed by atoms with Crippen molar-refractivity contribution in [3.8, 4) is 0 Å². The van der Waals surface area contributed by atoms with E-state index in [0.29, 0.717) is 0 Å². The van der Waals surface area contributed by atoms with Gasteiger partial charge in [0, 0.05) is 11.8 Å². The van der Waals surface area contributed by atoms with Crippen LogP contribution >= 0.6 is 0 Å². The lowest BCUT2D eigenvalue weighted by Crippen LogP contribution is -2.51. The van der Waals surface area contributed by atoms with Crippen molar-refractivity contribution < 1.29 is 9.47 Å². The first-order valence-electron chi connectivity index (χ1n) is 11.8. The number of aryl methyl sites for hydroxylation is 1. The zero-order chi connectivity index (χ0) is 20.2. The fourth-order valence-corrected chi connectivity index (χ4v) is 7.35. The minimum absolute atomic E-state index is 0.195. The molecule has 6 rings (SSSR count). The molecule has 156 valence electrons. The molecule has 4 aliphatic rings. The van der Waals surface area contributed by atoms with Crippen LogP contribution in [0.25, 0.3) is 12.2 Å². The Morgan fingerprint density at radius 3 is 2.50 bits per heavy atom. The maximum absolute atomic E-state index is 6.27. The monoisotopic (exact) mass is 400 g/mol. The molecule has 2 heteroatoms. The standard InChI is InChI=1S/C28H32O2/c1-27-15-13-24-23-11-9-21(8-7-20-5-3-2-4-6-20)19-22(23)10-12-25(24)26(27)14-16-28(27)29-17-18-30-28/h2-9,11,19,24-26H,10,12-18H2,1H3/b8-7+/t24-,25?,26+,27+/m1/s1. The van der Waals surface area contributed by atoms with Gasteiger partial charge < -0.3 is 9.47 Å². The molecule has 30 heavy (non-hydrogen) atoms. The second-order valence-corrected chi connectivity index (χ2v) is 10.1. The number of hydrogen-bond acceptors (Lipinski definition) is 2. The Balaban J connectivity index is 1.26. The molecule has 0 aromatic heterocycles. The number of ether oxygens (including phenoxy) is 2. The molecule has 0 amide bonds. The first-order valence-corrected chi connectivity index (χ1v) is 11.8. The van der Waals surface area contributed by atoms with Crippen LogP contribution in [0.1, 0.15) is 67.2 Å². The minimum Gasteiger partial charge on any atom is -0.347 e. The molecule has 4 atom stereocenters. The van der Waals surface area contributed by atoms with E-state index in [1.54, 1.807) is 11.1 Å². The van der Waals surface area contributed by atoms with Gasteiger partial charge in [0.05, 0.1) is 13.2 Å². The summed E-state index contributed by atoms with van der Waals surface area (Å²) in [6.07, 6.45) is 11.9. The molecule has 2 nitrogen and oxygen atoms in total. The van der Waals surface area contributed by atoms with Gasteiger partial charge in [0.1, 0.15) is 0 Å². The van der Waals surface area contributed by atoms with Gasteiger partial charge in [-0.1, -0.05) is 67.6 Å². The molecule has 0 bridgehead atoms.